The average molecular weight is 237 g/mol. The van der Waals surface area contributed by atoms with Crippen LogP contribution in [0.3, 0.4) is 0 Å². The van der Waals surface area contributed by atoms with E-state index in [-0.39, 0.29) is 6.10 Å². The van der Waals surface area contributed by atoms with Crippen LogP contribution < -0.4 is 0 Å². The van der Waals surface area contributed by atoms with E-state index < -0.39 is 17.7 Å². The van der Waals surface area contributed by atoms with Gasteiger partial charge < -0.3 is 9.26 Å². The Bertz CT molecular complexity index is 567. The van der Waals surface area contributed by atoms with E-state index in [9.17, 15) is 8.78 Å². The van der Waals surface area contributed by atoms with E-state index in [1.165, 1.54) is 12.1 Å². The van der Waals surface area contributed by atoms with E-state index in [0.717, 1.165) is 6.07 Å². The number of epoxide rings is 1. The Morgan fingerprint density at radius 2 is 2.00 bits per heavy atom. The minimum Gasteiger partial charge on any atom is -0.361 e. The maximum absolute atomic E-state index is 13.5. The monoisotopic (exact) mass is 237 g/mol. The molecule has 1 fully saturated rings. The summed E-state index contributed by atoms with van der Waals surface area (Å²) >= 11 is 0. The molecule has 3 nitrogen and oxygen atoms in total. The van der Waals surface area contributed by atoms with E-state index >= 15 is 0 Å². The Morgan fingerprint density at radius 3 is 2.65 bits per heavy atom. The lowest BCUT2D eigenvalue weighted by Crippen LogP contribution is -1.90. The van der Waals surface area contributed by atoms with Crippen LogP contribution in [0.4, 0.5) is 8.78 Å². The first-order chi connectivity index (χ1) is 8.15. The summed E-state index contributed by atoms with van der Waals surface area (Å²) in [5.74, 6) is -0.521. The lowest BCUT2D eigenvalue weighted by atomic mass is 10.1. The summed E-state index contributed by atoms with van der Waals surface area (Å²) in [6.07, 6.45) is -0.701. The second kappa shape index (κ2) is 3.63. The van der Waals surface area contributed by atoms with Crippen LogP contribution in [0.25, 0.3) is 0 Å². The highest BCUT2D eigenvalue weighted by molar-refractivity contribution is 5.28. The molecule has 17 heavy (non-hydrogen) atoms. The van der Waals surface area contributed by atoms with Crippen LogP contribution >= 0.6 is 0 Å². The number of ether oxygens (including phenoxy) is 1. The molecule has 0 saturated carbocycles. The van der Waals surface area contributed by atoms with Gasteiger partial charge in [-0.1, -0.05) is 11.2 Å². The summed E-state index contributed by atoms with van der Waals surface area (Å²) in [5.41, 5.74) is 0.980. The van der Waals surface area contributed by atoms with Gasteiger partial charge in [0.05, 0.1) is 0 Å². The first-order valence-corrected chi connectivity index (χ1v) is 5.19. The topological polar surface area (TPSA) is 38.6 Å². The van der Waals surface area contributed by atoms with Crippen LogP contribution in [-0.4, -0.2) is 5.16 Å². The fraction of sp³-hybridized carbons (Fsp3) is 0.250. The molecule has 0 bridgehead atoms. The highest BCUT2D eigenvalue weighted by Gasteiger charge is 2.45. The molecule has 1 aromatic carbocycles. The number of hydrogen-bond donors (Lipinski definition) is 0. The normalized spacial score (nSPS) is 22.8. The summed E-state index contributed by atoms with van der Waals surface area (Å²) in [5, 5.41) is 3.80. The predicted molar refractivity (Wildman–Crippen MR) is 54.2 cm³/mol. The predicted octanol–water partition coefficient (Wildman–Crippen LogP) is 3.07. The van der Waals surface area contributed by atoms with E-state index in [4.69, 9.17) is 9.26 Å². The van der Waals surface area contributed by atoms with Crippen LogP contribution in [0, 0.1) is 18.6 Å². The van der Waals surface area contributed by atoms with Gasteiger partial charge in [-0.25, -0.2) is 8.78 Å². The number of halogens is 2. The van der Waals surface area contributed by atoms with Crippen molar-refractivity contribution in [2.24, 2.45) is 0 Å². The fourth-order valence-electron chi connectivity index (χ4n) is 1.83. The van der Waals surface area contributed by atoms with Gasteiger partial charge in [0.15, 0.2) is 0 Å². The van der Waals surface area contributed by atoms with E-state index in [2.05, 4.69) is 5.16 Å². The van der Waals surface area contributed by atoms with Crippen molar-refractivity contribution < 1.29 is 18.0 Å². The third-order valence-corrected chi connectivity index (χ3v) is 2.70. The molecule has 0 radical (unpaired) electrons. The molecule has 88 valence electrons. The maximum atomic E-state index is 13.5. The highest BCUT2D eigenvalue weighted by Crippen LogP contribution is 2.51. The van der Waals surface area contributed by atoms with Crippen LogP contribution in [0.2, 0.25) is 0 Å². The number of nitrogens with zero attached hydrogens (tertiary/aromatic N) is 1. The van der Waals surface area contributed by atoms with Crippen molar-refractivity contribution in [1.29, 1.82) is 0 Å². The molecule has 2 heterocycles. The van der Waals surface area contributed by atoms with Gasteiger partial charge in [-0.15, -0.1) is 0 Å². The Labute approximate surface area is 96.0 Å². The Balaban J connectivity index is 1.84. The van der Waals surface area contributed by atoms with Crippen LogP contribution in [0.5, 0.6) is 0 Å². The van der Waals surface area contributed by atoms with Crippen LogP contribution in [0.15, 0.2) is 28.8 Å². The van der Waals surface area contributed by atoms with Gasteiger partial charge in [0.25, 0.3) is 0 Å². The highest BCUT2D eigenvalue weighted by atomic mass is 19.1. The summed E-state index contributed by atoms with van der Waals surface area (Å²) in [4.78, 5) is 0. The molecule has 2 aromatic rings. The summed E-state index contributed by atoms with van der Waals surface area (Å²) < 4.78 is 36.5. The number of aryl methyl sites for hydroxylation is 1. The average Bonchev–Trinajstić information content (AvgIpc) is 2.94. The molecule has 2 atom stereocenters. The van der Waals surface area contributed by atoms with Crippen molar-refractivity contribution in [3.63, 3.8) is 0 Å². The number of hydrogen-bond acceptors (Lipinski definition) is 3. The third-order valence-electron chi connectivity index (χ3n) is 2.70. The van der Waals surface area contributed by atoms with E-state index in [1.54, 1.807) is 13.0 Å². The molecule has 0 spiro atoms. The van der Waals surface area contributed by atoms with Gasteiger partial charge >= 0.3 is 0 Å². The largest absolute Gasteiger partial charge is 0.361 e. The second-order valence-corrected chi connectivity index (χ2v) is 4.01. The molecule has 1 aromatic heterocycles. The lowest BCUT2D eigenvalue weighted by Gasteiger charge is -1.97. The quantitative estimate of drug-likeness (QED) is 0.753. The molecule has 0 N–H and O–H groups in total. The van der Waals surface area contributed by atoms with Gasteiger partial charge in [-0.2, -0.15) is 0 Å². The summed E-state index contributed by atoms with van der Waals surface area (Å²) in [7, 11) is 0. The third kappa shape index (κ3) is 1.82. The van der Waals surface area contributed by atoms with Gasteiger partial charge in [-0.3, -0.25) is 0 Å². The first kappa shape index (κ1) is 10.4. The standard InChI is InChI=1S/C12H9F2NO2/c1-6-4-10(15-17-6)12-11(16-12)8-3-2-7(13)5-9(8)14/h2-5,11-12H,1H3. The Morgan fingerprint density at radius 1 is 1.18 bits per heavy atom. The zero-order valence-corrected chi connectivity index (χ0v) is 8.98. The first-order valence-electron chi connectivity index (χ1n) is 5.19. The molecule has 5 heteroatoms. The SMILES string of the molecule is Cc1cc(C2OC2c2ccc(F)cc2F)no1. The van der Waals surface area contributed by atoms with Crippen molar-refractivity contribution in [3.05, 3.63) is 52.9 Å². The lowest BCUT2D eigenvalue weighted by molar-refractivity contribution is 0.351. The second-order valence-electron chi connectivity index (χ2n) is 4.01. The number of benzene rings is 1. The number of rotatable bonds is 2. The molecular formula is C12H9F2NO2. The van der Waals surface area contributed by atoms with Crippen molar-refractivity contribution >= 4 is 0 Å². The molecular weight excluding hydrogens is 228 g/mol. The molecule has 1 aliphatic rings. The smallest absolute Gasteiger partial charge is 0.134 e. The molecule has 2 unspecified atom stereocenters. The van der Waals surface area contributed by atoms with E-state index in [0.29, 0.717) is 17.0 Å². The summed E-state index contributed by atoms with van der Waals surface area (Å²) in [6, 6.07) is 5.20. The minimum atomic E-state index is -0.599. The van der Waals surface area contributed by atoms with Crippen molar-refractivity contribution in [2.45, 2.75) is 19.1 Å². The van der Waals surface area contributed by atoms with Crippen molar-refractivity contribution in [1.82, 2.24) is 5.16 Å². The Hall–Kier alpha value is -1.75. The van der Waals surface area contributed by atoms with Crippen LogP contribution in [0.1, 0.15) is 29.2 Å². The fourth-order valence-corrected chi connectivity index (χ4v) is 1.83. The maximum Gasteiger partial charge on any atom is 0.134 e. The van der Waals surface area contributed by atoms with Gasteiger partial charge in [0.1, 0.15) is 35.3 Å². The van der Waals surface area contributed by atoms with Crippen molar-refractivity contribution in [2.75, 3.05) is 0 Å². The van der Waals surface area contributed by atoms with Gasteiger partial charge in [0.2, 0.25) is 0 Å². The van der Waals surface area contributed by atoms with Gasteiger partial charge in [0, 0.05) is 17.7 Å². The van der Waals surface area contributed by atoms with E-state index in [1.807, 2.05) is 0 Å². The molecule has 1 saturated heterocycles. The number of aromatic nitrogens is 1. The van der Waals surface area contributed by atoms with Crippen molar-refractivity contribution in [3.8, 4) is 0 Å². The Kier molecular flexibility index (Phi) is 2.22. The van der Waals surface area contributed by atoms with Gasteiger partial charge in [-0.05, 0) is 13.0 Å². The minimum absolute atomic E-state index is 0.299. The molecule has 0 amide bonds. The zero-order chi connectivity index (χ0) is 12.0. The molecule has 1 aliphatic heterocycles. The molecule has 0 aliphatic carbocycles. The van der Waals surface area contributed by atoms with Crippen LogP contribution in [-0.2, 0) is 4.74 Å². The molecule has 3 rings (SSSR count). The summed E-state index contributed by atoms with van der Waals surface area (Å²) in [6.45, 7) is 1.77. The zero-order valence-electron chi connectivity index (χ0n) is 8.98.